The van der Waals surface area contributed by atoms with E-state index in [-0.39, 0.29) is 12.5 Å². The molecular weight excluding hydrogens is 350 g/mol. The van der Waals surface area contributed by atoms with E-state index >= 15 is 0 Å². The van der Waals surface area contributed by atoms with Crippen LogP contribution < -0.4 is 10.6 Å². The van der Waals surface area contributed by atoms with Crippen molar-refractivity contribution >= 4 is 23.5 Å². The van der Waals surface area contributed by atoms with Crippen molar-refractivity contribution in [3.63, 3.8) is 0 Å². The number of rotatable bonds is 7. The van der Waals surface area contributed by atoms with Crippen molar-refractivity contribution in [1.29, 1.82) is 0 Å². The molecule has 0 radical (unpaired) electrons. The highest BCUT2D eigenvalue weighted by molar-refractivity contribution is 6.31. The van der Waals surface area contributed by atoms with E-state index in [0.717, 1.165) is 17.7 Å². The van der Waals surface area contributed by atoms with Crippen molar-refractivity contribution in [2.45, 2.75) is 13.0 Å². The maximum atomic E-state index is 12.3. The van der Waals surface area contributed by atoms with Gasteiger partial charge in [-0.25, -0.2) is 0 Å². The minimum Gasteiger partial charge on any atom is -0.352 e. The summed E-state index contributed by atoms with van der Waals surface area (Å²) in [5.74, 6) is 0.540. The second-order valence-corrected chi connectivity index (χ2v) is 6.16. The summed E-state index contributed by atoms with van der Waals surface area (Å²) in [5.41, 5.74) is 1.94. The number of amides is 1. The molecule has 0 unspecified atom stereocenters. The van der Waals surface area contributed by atoms with Gasteiger partial charge >= 0.3 is 0 Å². The molecule has 0 aliphatic heterocycles. The Morgan fingerprint density at radius 3 is 2.65 bits per heavy atom. The summed E-state index contributed by atoms with van der Waals surface area (Å²) in [4.78, 5) is 22.3. The first-order valence-electron chi connectivity index (χ1n) is 8.42. The first-order chi connectivity index (χ1) is 12.6. The Morgan fingerprint density at radius 1 is 1.19 bits per heavy atom. The lowest BCUT2D eigenvalue weighted by molar-refractivity contribution is -0.128. The Hall–Kier alpha value is -2.60. The summed E-state index contributed by atoms with van der Waals surface area (Å²) in [7, 11) is 3.45. The molecular formula is C19H24ClN5O. The second kappa shape index (κ2) is 10.4. The van der Waals surface area contributed by atoms with Gasteiger partial charge in [-0.1, -0.05) is 35.9 Å². The van der Waals surface area contributed by atoms with Crippen LogP contribution in [0.25, 0.3) is 0 Å². The number of nitrogens with zero attached hydrogens (tertiary/aromatic N) is 3. The van der Waals surface area contributed by atoms with Gasteiger partial charge in [0.05, 0.1) is 6.54 Å². The standard InChI is InChI=1S/C19H24ClN5O/c1-21-19(23-13-15-7-3-4-9-17(15)20)24-14-18(26)25(2)12-10-16-8-5-6-11-22-16/h3-9,11H,10,12-14H2,1-2H3,(H2,21,23,24). The molecule has 1 heterocycles. The molecule has 0 fully saturated rings. The van der Waals surface area contributed by atoms with Gasteiger partial charge in [-0.2, -0.15) is 0 Å². The predicted octanol–water partition coefficient (Wildman–Crippen LogP) is 2.10. The van der Waals surface area contributed by atoms with E-state index in [1.54, 1.807) is 25.2 Å². The zero-order valence-electron chi connectivity index (χ0n) is 15.1. The number of halogens is 1. The quantitative estimate of drug-likeness (QED) is 0.576. The number of hydrogen-bond donors (Lipinski definition) is 2. The number of aromatic nitrogens is 1. The van der Waals surface area contributed by atoms with Crippen LogP contribution >= 0.6 is 11.6 Å². The summed E-state index contributed by atoms with van der Waals surface area (Å²) >= 11 is 6.14. The molecule has 1 amide bonds. The Kier molecular flexibility index (Phi) is 7.89. The molecule has 6 nitrogen and oxygen atoms in total. The Balaban J connectivity index is 1.74. The molecule has 0 bridgehead atoms. The molecule has 0 aliphatic rings. The molecule has 2 rings (SSSR count). The van der Waals surface area contributed by atoms with Crippen molar-refractivity contribution in [3.8, 4) is 0 Å². The first kappa shape index (κ1) is 19.7. The Morgan fingerprint density at radius 2 is 1.96 bits per heavy atom. The molecule has 0 saturated heterocycles. The summed E-state index contributed by atoms with van der Waals surface area (Å²) < 4.78 is 0. The fraction of sp³-hybridized carbons (Fsp3) is 0.316. The molecule has 2 N–H and O–H groups in total. The summed E-state index contributed by atoms with van der Waals surface area (Å²) in [6.07, 6.45) is 2.48. The van der Waals surface area contributed by atoms with E-state index < -0.39 is 0 Å². The van der Waals surface area contributed by atoms with Crippen molar-refractivity contribution in [2.75, 3.05) is 27.2 Å². The molecule has 7 heteroatoms. The van der Waals surface area contributed by atoms with Crippen molar-refractivity contribution in [1.82, 2.24) is 20.5 Å². The molecule has 2 aromatic rings. The van der Waals surface area contributed by atoms with Crippen molar-refractivity contribution in [3.05, 3.63) is 64.9 Å². The number of benzene rings is 1. The molecule has 0 aliphatic carbocycles. The third-order valence-corrected chi connectivity index (χ3v) is 4.26. The molecule has 26 heavy (non-hydrogen) atoms. The van der Waals surface area contributed by atoms with Crippen LogP contribution in [0, 0.1) is 0 Å². The normalized spacial score (nSPS) is 11.1. The highest BCUT2D eigenvalue weighted by atomic mass is 35.5. The van der Waals surface area contributed by atoms with Gasteiger partial charge in [-0.05, 0) is 23.8 Å². The molecule has 138 valence electrons. The lowest BCUT2D eigenvalue weighted by atomic mass is 10.2. The van der Waals surface area contributed by atoms with Gasteiger partial charge in [-0.3, -0.25) is 14.8 Å². The summed E-state index contributed by atoms with van der Waals surface area (Å²) in [5, 5.41) is 6.87. The van der Waals surface area contributed by atoms with Crippen LogP contribution in [0.1, 0.15) is 11.3 Å². The number of likely N-dealkylation sites (N-methyl/N-ethyl adjacent to an activating group) is 1. The topological polar surface area (TPSA) is 69.6 Å². The number of carbonyl (C=O) groups excluding carboxylic acids is 1. The first-order valence-corrected chi connectivity index (χ1v) is 8.79. The second-order valence-electron chi connectivity index (χ2n) is 5.76. The van der Waals surface area contributed by atoms with Gasteiger partial charge in [0, 0.05) is 50.5 Å². The summed E-state index contributed by atoms with van der Waals surface area (Å²) in [6, 6.07) is 13.4. The average Bonchev–Trinajstić information content (AvgIpc) is 2.68. The van der Waals surface area contributed by atoms with Crippen molar-refractivity contribution in [2.24, 2.45) is 4.99 Å². The van der Waals surface area contributed by atoms with Crippen LogP contribution in [0.2, 0.25) is 5.02 Å². The number of carbonyl (C=O) groups is 1. The Labute approximate surface area is 159 Å². The SMILES string of the molecule is CN=C(NCC(=O)N(C)CCc1ccccn1)NCc1ccccc1Cl. The number of pyridine rings is 1. The van der Waals surface area contributed by atoms with E-state index in [1.165, 1.54) is 0 Å². The van der Waals surface area contributed by atoms with E-state index in [2.05, 4.69) is 20.6 Å². The van der Waals surface area contributed by atoms with E-state index in [1.807, 2.05) is 42.5 Å². The van der Waals surface area contributed by atoms with Gasteiger partial charge in [0.25, 0.3) is 0 Å². The summed E-state index contributed by atoms with van der Waals surface area (Å²) in [6.45, 7) is 1.31. The average molecular weight is 374 g/mol. The number of nitrogens with one attached hydrogen (secondary N) is 2. The van der Waals surface area contributed by atoms with Crippen LogP contribution in [-0.4, -0.2) is 48.9 Å². The van der Waals surface area contributed by atoms with Gasteiger partial charge in [0.1, 0.15) is 0 Å². The lowest BCUT2D eigenvalue weighted by Crippen LogP contribution is -2.43. The molecule has 0 atom stereocenters. The molecule has 1 aromatic heterocycles. The largest absolute Gasteiger partial charge is 0.352 e. The zero-order valence-corrected chi connectivity index (χ0v) is 15.8. The maximum Gasteiger partial charge on any atom is 0.241 e. The highest BCUT2D eigenvalue weighted by Crippen LogP contribution is 2.14. The highest BCUT2D eigenvalue weighted by Gasteiger charge is 2.10. The third kappa shape index (κ3) is 6.37. The monoisotopic (exact) mass is 373 g/mol. The van der Waals surface area contributed by atoms with E-state index in [4.69, 9.17) is 11.6 Å². The van der Waals surface area contributed by atoms with Crippen LogP contribution in [-0.2, 0) is 17.8 Å². The fourth-order valence-corrected chi connectivity index (χ4v) is 2.49. The lowest BCUT2D eigenvalue weighted by Gasteiger charge is -2.18. The van der Waals surface area contributed by atoms with Gasteiger partial charge in [0.2, 0.25) is 5.91 Å². The molecule has 1 aromatic carbocycles. The van der Waals surface area contributed by atoms with Gasteiger partial charge in [0.15, 0.2) is 5.96 Å². The van der Waals surface area contributed by atoms with Gasteiger partial charge < -0.3 is 15.5 Å². The molecule has 0 saturated carbocycles. The van der Waals surface area contributed by atoms with Crippen LogP contribution in [0.15, 0.2) is 53.7 Å². The fourth-order valence-electron chi connectivity index (χ4n) is 2.29. The molecule has 0 spiro atoms. The number of guanidine groups is 1. The Bertz CT molecular complexity index is 736. The van der Waals surface area contributed by atoms with E-state index in [9.17, 15) is 4.79 Å². The van der Waals surface area contributed by atoms with Crippen LogP contribution in [0.3, 0.4) is 0 Å². The van der Waals surface area contributed by atoms with Crippen LogP contribution in [0.5, 0.6) is 0 Å². The zero-order chi connectivity index (χ0) is 18.8. The number of aliphatic imine (C=N–C) groups is 1. The van der Waals surface area contributed by atoms with Crippen LogP contribution in [0.4, 0.5) is 0 Å². The van der Waals surface area contributed by atoms with Gasteiger partial charge in [-0.15, -0.1) is 0 Å². The predicted molar refractivity (Wildman–Crippen MR) is 105 cm³/mol. The minimum absolute atomic E-state index is 0.0124. The number of hydrogen-bond acceptors (Lipinski definition) is 3. The van der Waals surface area contributed by atoms with E-state index in [0.29, 0.717) is 24.1 Å². The smallest absolute Gasteiger partial charge is 0.241 e. The minimum atomic E-state index is -0.0124. The third-order valence-electron chi connectivity index (χ3n) is 3.89. The van der Waals surface area contributed by atoms with Crippen molar-refractivity contribution < 1.29 is 4.79 Å². The maximum absolute atomic E-state index is 12.3.